The van der Waals surface area contributed by atoms with E-state index in [9.17, 15) is 9.50 Å². The topological polar surface area (TPSA) is 66.4 Å². The van der Waals surface area contributed by atoms with Crippen LogP contribution in [0.3, 0.4) is 0 Å². The Labute approximate surface area is 218 Å². The predicted molar refractivity (Wildman–Crippen MR) is 154 cm³/mol. The highest BCUT2D eigenvalue weighted by Gasteiger charge is 2.45. The summed E-state index contributed by atoms with van der Waals surface area (Å²) in [7, 11) is -11.0. The summed E-state index contributed by atoms with van der Waals surface area (Å²) in [6.07, 6.45) is 3.18. The highest BCUT2D eigenvalue weighted by atomic mass is 28.5. The smallest absolute Gasteiger partial charge is 0.314 e. The van der Waals surface area contributed by atoms with Gasteiger partial charge in [0.25, 0.3) is 0 Å². The average Bonchev–Trinajstić information content (AvgIpc) is 2.62. The van der Waals surface area contributed by atoms with E-state index in [1.54, 1.807) is 6.07 Å². The molecule has 0 bridgehead atoms. The van der Waals surface area contributed by atoms with Crippen molar-refractivity contribution in [3.63, 3.8) is 0 Å². The standard InChI is InChI=1S/C23H49FO6Si5/c1-12-13-18-31(2,3)27-33(6,7)29-35(10,11)30-34(8,9)28-32(4,5)19-14-17-26-21-15-16-23(25)22(24)20-21/h15-16,20,25H,12-14,17-19H2,1-11H3. The lowest BCUT2D eigenvalue weighted by Crippen LogP contribution is -2.58. The van der Waals surface area contributed by atoms with Crippen molar-refractivity contribution >= 4 is 42.3 Å². The molecule has 0 amide bonds. The van der Waals surface area contributed by atoms with Gasteiger partial charge in [-0.05, 0) is 96.1 Å². The second-order valence-corrected chi connectivity index (χ2v) is 31.5. The first-order valence-corrected chi connectivity index (χ1v) is 27.4. The van der Waals surface area contributed by atoms with E-state index in [4.69, 9.17) is 21.2 Å². The van der Waals surface area contributed by atoms with Crippen molar-refractivity contribution in [2.75, 3.05) is 6.61 Å². The molecule has 1 rings (SSSR count). The van der Waals surface area contributed by atoms with Gasteiger partial charge in [0.05, 0.1) is 6.61 Å². The summed E-state index contributed by atoms with van der Waals surface area (Å²) in [5.41, 5.74) is 0. The lowest BCUT2D eigenvalue weighted by molar-refractivity contribution is 0.294. The van der Waals surface area contributed by atoms with Gasteiger partial charge in [0.15, 0.2) is 28.2 Å². The minimum atomic E-state index is -2.46. The van der Waals surface area contributed by atoms with Crippen LogP contribution in [0.2, 0.25) is 77.6 Å². The number of hydrogen-bond donors (Lipinski definition) is 1. The number of hydrogen-bond acceptors (Lipinski definition) is 6. The molecule has 1 aromatic rings. The van der Waals surface area contributed by atoms with Crippen molar-refractivity contribution in [1.82, 2.24) is 0 Å². The number of halogens is 1. The van der Waals surface area contributed by atoms with Crippen molar-refractivity contribution < 1.29 is 30.7 Å². The normalized spacial score (nSPS) is 13.8. The molecule has 1 N–H and O–H groups in total. The first-order valence-electron chi connectivity index (χ1n) is 12.7. The molecule has 0 saturated heterocycles. The van der Waals surface area contributed by atoms with Crippen LogP contribution in [0.15, 0.2) is 18.2 Å². The highest BCUT2D eigenvalue weighted by molar-refractivity contribution is 6.90. The molecule has 0 aromatic heterocycles. The third-order valence-electron chi connectivity index (χ3n) is 5.27. The maximum Gasteiger partial charge on any atom is 0.314 e. The van der Waals surface area contributed by atoms with Crippen molar-refractivity contribution in [2.24, 2.45) is 0 Å². The first-order chi connectivity index (χ1) is 15.8. The van der Waals surface area contributed by atoms with E-state index in [-0.39, 0.29) is 5.75 Å². The molecule has 0 heterocycles. The zero-order valence-corrected chi connectivity index (χ0v) is 28.8. The number of aromatic hydroxyl groups is 1. The molecule has 0 fully saturated rings. The number of phenolic OH excluding ortho intramolecular Hbond substituents is 1. The molecule has 1 aromatic carbocycles. The van der Waals surface area contributed by atoms with E-state index < -0.39 is 48.1 Å². The number of phenols is 1. The molecule has 12 heteroatoms. The fourth-order valence-electron chi connectivity index (χ4n) is 4.55. The van der Waals surface area contributed by atoms with Gasteiger partial charge in [0.1, 0.15) is 5.75 Å². The highest BCUT2D eigenvalue weighted by Crippen LogP contribution is 2.29. The summed E-state index contributed by atoms with van der Waals surface area (Å²) in [6, 6.07) is 6.12. The molecule has 0 aliphatic heterocycles. The summed E-state index contributed by atoms with van der Waals surface area (Å²) >= 11 is 0. The molecule has 0 aliphatic carbocycles. The Hall–Kier alpha value is -0.326. The minimum absolute atomic E-state index is 0.373. The number of rotatable bonds is 16. The Morgan fingerprint density at radius 1 is 0.714 bits per heavy atom. The van der Waals surface area contributed by atoms with Gasteiger partial charge < -0.3 is 26.3 Å². The predicted octanol–water partition coefficient (Wildman–Crippen LogP) is 7.68. The molecule has 0 spiro atoms. The van der Waals surface area contributed by atoms with Gasteiger partial charge in [0.2, 0.25) is 0 Å². The average molecular weight is 581 g/mol. The molecule has 6 nitrogen and oxygen atoms in total. The van der Waals surface area contributed by atoms with E-state index in [1.165, 1.54) is 25.0 Å². The fourth-order valence-corrected chi connectivity index (χ4v) is 29.3. The van der Waals surface area contributed by atoms with Crippen LogP contribution in [0.25, 0.3) is 0 Å². The maximum absolute atomic E-state index is 13.5. The molecule has 0 unspecified atom stereocenters. The van der Waals surface area contributed by atoms with Crippen molar-refractivity contribution in [3.8, 4) is 11.5 Å². The van der Waals surface area contributed by atoms with Crippen molar-refractivity contribution in [3.05, 3.63) is 24.0 Å². The minimum Gasteiger partial charge on any atom is -0.505 e. The molecule has 0 saturated carbocycles. The third-order valence-corrected chi connectivity index (χ3v) is 24.6. The van der Waals surface area contributed by atoms with Crippen LogP contribution >= 0.6 is 0 Å². The Balaban J connectivity index is 2.60. The van der Waals surface area contributed by atoms with Crippen molar-refractivity contribution in [1.29, 1.82) is 0 Å². The summed E-state index contributed by atoms with van der Waals surface area (Å²) in [6.45, 7) is 24.3. The molecule has 35 heavy (non-hydrogen) atoms. The van der Waals surface area contributed by atoms with Gasteiger partial charge in [-0.25, -0.2) is 4.39 Å². The number of ether oxygens (including phenoxy) is 1. The monoisotopic (exact) mass is 580 g/mol. The summed E-state index contributed by atoms with van der Waals surface area (Å²) in [4.78, 5) is 0. The van der Waals surface area contributed by atoms with Crippen LogP contribution in [-0.4, -0.2) is 54.0 Å². The first kappa shape index (κ1) is 32.7. The van der Waals surface area contributed by atoms with Gasteiger partial charge in [-0.3, -0.25) is 0 Å². The molecule has 0 atom stereocenters. The Bertz CT molecular complexity index is 805. The van der Waals surface area contributed by atoms with Crippen LogP contribution in [-0.2, 0) is 16.5 Å². The SMILES string of the molecule is CCCC[Si](C)(C)O[Si](C)(C)O[Si](C)(C)O[Si](C)(C)O[Si](C)(C)CCCOc1ccc(O)c(F)c1. The van der Waals surface area contributed by atoms with Gasteiger partial charge in [-0.2, -0.15) is 0 Å². The Morgan fingerprint density at radius 3 is 1.63 bits per heavy atom. The van der Waals surface area contributed by atoms with Gasteiger partial charge in [-0.1, -0.05) is 19.8 Å². The van der Waals surface area contributed by atoms with Gasteiger partial charge >= 0.3 is 25.7 Å². The maximum atomic E-state index is 13.5. The molecular formula is C23H49FO6Si5. The van der Waals surface area contributed by atoms with Crippen LogP contribution in [0.4, 0.5) is 4.39 Å². The van der Waals surface area contributed by atoms with Crippen LogP contribution in [0, 0.1) is 5.82 Å². The Kier molecular flexibility index (Phi) is 12.1. The van der Waals surface area contributed by atoms with E-state index in [1.807, 2.05) is 0 Å². The van der Waals surface area contributed by atoms with E-state index >= 15 is 0 Å². The molecule has 204 valence electrons. The van der Waals surface area contributed by atoms with Crippen LogP contribution in [0.5, 0.6) is 11.5 Å². The molecule has 0 radical (unpaired) electrons. The lowest BCUT2D eigenvalue weighted by atomic mass is 10.3. The fraction of sp³-hybridized carbons (Fsp3) is 0.739. The quantitative estimate of drug-likeness (QED) is 0.160. The van der Waals surface area contributed by atoms with Crippen LogP contribution < -0.4 is 4.74 Å². The zero-order chi connectivity index (χ0) is 27.1. The molecule has 0 aliphatic rings. The molecular weight excluding hydrogens is 532 g/mol. The zero-order valence-electron chi connectivity index (χ0n) is 23.8. The number of unbranched alkanes of at least 4 members (excludes halogenated alkanes) is 1. The summed E-state index contributed by atoms with van der Waals surface area (Å²) < 4.78 is 45.7. The van der Waals surface area contributed by atoms with Gasteiger partial charge in [-0.15, -0.1) is 0 Å². The second-order valence-electron chi connectivity index (χ2n) is 11.8. The van der Waals surface area contributed by atoms with Crippen molar-refractivity contribution in [2.45, 2.75) is 104 Å². The number of benzene rings is 1. The van der Waals surface area contributed by atoms with Crippen LogP contribution in [0.1, 0.15) is 26.2 Å². The third kappa shape index (κ3) is 13.7. The summed E-state index contributed by atoms with van der Waals surface area (Å²) in [5.74, 6) is -0.636. The summed E-state index contributed by atoms with van der Waals surface area (Å²) in [5, 5.41) is 9.30. The largest absolute Gasteiger partial charge is 0.505 e. The second kappa shape index (κ2) is 13.0. The van der Waals surface area contributed by atoms with Gasteiger partial charge in [0, 0.05) is 6.07 Å². The van der Waals surface area contributed by atoms with E-state index in [0.29, 0.717) is 12.4 Å². The lowest BCUT2D eigenvalue weighted by Gasteiger charge is -2.42. The Morgan fingerprint density at radius 2 is 1.17 bits per heavy atom. The van der Waals surface area contributed by atoms with E-state index in [2.05, 4.69) is 72.4 Å². The van der Waals surface area contributed by atoms with E-state index in [0.717, 1.165) is 18.5 Å².